The number of amides is 3. The summed E-state index contributed by atoms with van der Waals surface area (Å²) < 4.78 is 0. The van der Waals surface area contributed by atoms with Crippen LogP contribution in [0, 0.1) is 5.92 Å². The zero-order valence-corrected chi connectivity index (χ0v) is 25.7. The average molecular weight is 621 g/mol. The van der Waals surface area contributed by atoms with E-state index in [0.717, 1.165) is 22.0 Å². The van der Waals surface area contributed by atoms with Crippen LogP contribution in [0.15, 0.2) is 65.8 Å². The molecule has 13 nitrogen and oxygen atoms in total. The molecule has 0 saturated heterocycles. The Hall–Kier alpha value is -4.91. The minimum absolute atomic E-state index is 0.0160. The number of aromatic nitrogens is 1. The predicted molar refractivity (Wildman–Crippen MR) is 173 cm³/mol. The number of aliphatic imine (C=N–C) groups is 1. The van der Waals surface area contributed by atoms with E-state index in [1.54, 1.807) is 30.5 Å². The van der Waals surface area contributed by atoms with Gasteiger partial charge in [-0.1, -0.05) is 62.4 Å². The van der Waals surface area contributed by atoms with E-state index in [2.05, 4.69) is 25.9 Å². The van der Waals surface area contributed by atoms with Crippen LogP contribution in [-0.2, 0) is 32.0 Å². The van der Waals surface area contributed by atoms with Crippen LogP contribution in [-0.4, -0.2) is 70.5 Å². The summed E-state index contributed by atoms with van der Waals surface area (Å²) in [6.45, 7) is 4.11. The lowest BCUT2D eigenvalue weighted by molar-refractivity contribution is -0.142. The Labute approximate surface area is 262 Å². The molecule has 0 bridgehead atoms. The lowest BCUT2D eigenvalue weighted by Gasteiger charge is -2.26. The minimum Gasteiger partial charge on any atom is -0.480 e. The van der Waals surface area contributed by atoms with Crippen LogP contribution in [0.4, 0.5) is 0 Å². The normalized spacial score (nSPS) is 13.8. The van der Waals surface area contributed by atoms with Gasteiger partial charge in [-0.15, -0.1) is 0 Å². The van der Waals surface area contributed by atoms with Gasteiger partial charge in [0, 0.05) is 36.5 Å². The Morgan fingerprint density at radius 3 is 2.13 bits per heavy atom. The van der Waals surface area contributed by atoms with Gasteiger partial charge in [0.2, 0.25) is 17.7 Å². The number of hydrogen-bond acceptors (Lipinski definition) is 6. The van der Waals surface area contributed by atoms with Crippen LogP contribution in [0.3, 0.4) is 0 Å². The number of hydrogen-bond donors (Lipinski definition) is 8. The van der Waals surface area contributed by atoms with E-state index in [9.17, 15) is 24.3 Å². The first-order valence-corrected chi connectivity index (χ1v) is 15.0. The summed E-state index contributed by atoms with van der Waals surface area (Å²) >= 11 is 0. The summed E-state index contributed by atoms with van der Waals surface area (Å²) in [5.41, 5.74) is 19.1. The molecule has 1 aromatic heterocycles. The summed E-state index contributed by atoms with van der Waals surface area (Å²) in [5.74, 6) is -3.01. The smallest absolute Gasteiger partial charge is 0.326 e. The molecule has 3 rings (SSSR count). The maximum absolute atomic E-state index is 13.7. The third kappa shape index (κ3) is 10.9. The van der Waals surface area contributed by atoms with Crippen LogP contribution < -0.4 is 33.2 Å². The molecule has 0 saturated carbocycles. The number of rotatable bonds is 17. The number of carbonyl (C=O) groups is 4. The van der Waals surface area contributed by atoms with Crippen molar-refractivity contribution in [2.75, 3.05) is 6.54 Å². The van der Waals surface area contributed by atoms with Crippen LogP contribution in [0.2, 0.25) is 0 Å². The van der Waals surface area contributed by atoms with Crippen molar-refractivity contribution in [3.8, 4) is 0 Å². The second-order valence-electron chi connectivity index (χ2n) is 11.5. The predicted octanol–water partition coefficient (Wildman–Crippen LogP) is 0.919. The van der Waals surface area contributed by atoms with Crippen LogP contribution >= 0.6 is 0 Å². The molecule has 45 heavy (non-hydrogen) atoms. The third-order valence-electron chi connectivity index (χ3n) is 7.27. The van der Waals surface area contributed by atoms with E-state index in [4.69, 9.17) is 17.2 Å². The highest BCUT2D eigenvalue weighted by atomic mass is 16.4. The first-order chi connectivity index (χ1) is 21.4. The van der Waals surface area contributed by atoms with Crippen molar-refractivity contribution in [3.05, 3.63) is 71.9 Å². The quantitative estimate of drug-likeness (QED) is 0.0613. The molecular weight excluding hydrogens is 576 g/mol. The van der Waals surface area contributed by atoms with Gasteiger partial charge in [-0.25, -0.2) is 4.79 Å². The largest absolute Gasteiger partial charge is 0.480 e. The molecule has 0 aliphatic carbocycles. The van der Waals surface area contributed by atoms with Gasteiger partial charge in [-0.3, -0.25) is 19.4 Å². The molecule has 0 aliphatic heterocycles. The van der Waals surface area contributed by atoms with Gasteiger partial charge in [0.1, 0.15) is 18.1 Å². The van der Waals surface area contributed by atoms with Crippen molar-refractivity contribution in [3.63, 3.8) is 0 Å². The van der Waals surface area contributed by atoms with Crippen LogP contribution in [0.5, 0.6) is 0 Å². The molecule has 4 atom stereocenters. The Morgan fingerprint density at radius 1 is 0.844 bits per heavy atom. The topological polar surface area (TPSA) is 231 Å². The molecular formula is C32H44N8O5. The number of nitrogens with one attached hydrogen (secondary N) is 4. The number of nitrogens with two attached hydrogens (primary N) is 3. The third-order valence-corrected chi connectivity index (χ3v) is 7.27. The number of aliphatic carboxylic acids is 1. The first-order valence-electron chi connectivity index (χ1n) is 15.0. The molecule has 3 aromatic rings. The maximum atomic E-state index is 13.7. The van der Waals surface area contributed by atoms with Crippen molar-refractivity contribution >= 4 is 40.6 Å². The number of H-pyrrole nitrogens is 1. The molecule has 13 heteroatoms. The maximum Gasteiger partial charge on any atom is 0.326 e. The SMILES string of the molecule is CC(C)CC(NC(=O)C(N)CCCN=C(N)N)C(=O)NC(Cc1c[nH]c2ccccc12)C(=O)NC(Cc1ccccc1)C(=O)O. The van der Waals surface area contributed by atoms with E-state index in [0.29, 0.717) is 19.4 Å². The van der Waals surface area contributed by atoms with Crippen molar-refractivity contribution < 1.29 is 24.3 Å². The van der Waals surface area contributed by atoms with E-state index in [-0.39, 0.29) is 31.1 Å². The number of nitrogens with zero attached hydrogens (tertiary/aromatic N) is 1. The Kier molecular flexibility index (Phi) is 12.9. The summed E-state index contributed by atoms with van der Waals surface area (Å²) in [6.07, 6.45) is 2.93. The fourth-order valence-electron chi connectivity index (χ4n) is 4.96. The minimum atomic E-state index is -1.23. The zero-order valence-electron chi connectivity index (χ0n) is 25.7. The molecule has 242 valence electrons. The number of benzene rings is 2. The van der Waals surface area contributed by atoms with Gasteiger partial charge in [0.15, 0.2) is 5.96 Å². The summed E-state index contributed by atoms with van der Waals surface area (Å²) in [4.78, 5) is 59.5. The standard InChI is InChI=1S/C32H44N8O5/c1-19(2)15-25(38-28(41)23(33)12-8-14-36-32(34)35)29(42)39-26(17-21-18-37-24-13-7-6-11-22(21)24)30(43)40-27(31(44)45)16-20-9-4-3-5-10-20/h3-7,9-11,13,18-19,23,25-27,37H,8,12,14-17,33H2,1-2H3,(H,38,41)(H,39,42)(H,40,43)(H,44,45)(H4,34,35,36). The molecule has 3 amide bonds. The molecule has 2 aromatic carbocycles. The average Bonchev–Trinajstić information content (AvgIpc) is 3.40. The number of guanidine groups is 1. The number of carbonyl (C=O) groups excluding carboxylic acids is 3. The highest BCUT2D eigenvalue weighted by Crippen LogP contribution is 2.20. The van der Waals surface area contributed by atoms with Gasteiger partial charge < -0.3 is 43.2 Å². The van der Waals surface area contributed by atoms with Gasteiger partial charge in [-0.05, 0) is 42.4 Å². The molecule has 0 spiro atoms. The molecule has 0 aliphatic rings. The van der Waals surface area contributed by atoms with Crippen molar-refractivity contribution in [1.82, 2.24) is 20.9 Å². The van der Waals surface area contributed by atoms with E-state index >= 15 is 0 Å². The van der Waals surface area contributed by atoms with Crippen LogP contribution in [0.25, 0.3) is 10.9 Å². The summed E-state index contributed by atoms with van der Waals surface area (Å²) in [5, 5.41) is 18.9. The molecule has 4 unspecified atom stereocenters. The van der Waals surface area contributed by atoms with E-state index in [1.165, 1.54) is 0 Å². The molecule has 1 heterocycles. The highest BCUT2D eigenvalue weighted by Gasteiger charge is 2.31. The molecule has 11 N–H and O–H groups in total. The first kappa shape index (κ1) is 34.6. The number of fused-ring (bicyclic) bond motifs is 1. The number of para-hydroxylation sites is 1. The van der Waals surface area contributed by atoms with Crippen LogP contribution in [0.1, 0.15) is 44.2 Å². The van der Waals surface area contributed by atoms with Gasteiger partial charge >= 0.3 is 5.97 Å². The van der Waals surface area contributed by atoms with E-state index < -0.39 is 47.9 Å². The van der Waals surface area contributed by atoms with Crippen molar-refractivity contribution in [2.24, 2.45) is 28.1 Å². The monoisotopic (exact) mass is 620 g/mol. The molecule has 0 fully saturated rings. The lowest BCUT2D eigenvalue weighted by atomic mass is 9.99. The van der Waals surface area contributed by atoms with Gasteiger partial charge in [-0.2, -0.15) is 0 Å². The molecule has 0 radical (unpaired) electrons. The van der Waals surface area contributed by atoms with Crippen molar-refractivity contribution in [1.29, 1.82) is 0 Å². The Bertz CT molecular complexity index is 1470. The summed E-state index contributed by atoms with van der Waals surface area (Å²) in [6, 6.07) is 12.2. The lowest BCUT2D eigenvalue weighted by Crippen LogP contribution is -2.58. The van der Waals surface area contributed by atoms with Crippen molar-refractivity contribution in [2.45, 2.75) is 70.1 Å². The fraction of sp³-hybridized carbons (Fsp3) is 0.406. The highest BCUT2D eigenvalue weighted by molar-refractivity contribution is 5.95. The number of carboxylic acid groups (broad SMARTS) is 1. The van der Waals surface area contributed by atoms with Gasteiger partial charge in [0.05, 0.1) is 6.04 Å². The number of aromatic amines is 1. The number of carboxylic acids is 1. The zero-order chi connectivity index (χ0) is 32.9. The Balaban J connectivity index is 1.81. The van der Waals surface area contributed by atoms with E-state index in [1.807, 2.05) is 44.2 Å². The summed E-state index contributed by atoms with van der Waals surface area (Å²) in [7, 11) is 0. The second kappa shape index (κ2) is 16.8. The second-order valence-corrected chi connectivity index (χ2v) is 11.5. The van der Waals surface area contributed by atoms with Gasteiger partial charge in [0.25, 0.3) is 0 Å². The Morgan fingerprint density at radius 2 is 1.47 bits per heavy atom. The fourth-order valence-corrected chi connectivity index (χ4v) is 4.96.